The van der Waals surface area contributed by atoms with E-state index in [9.17, 15) is 0 Å². The molecule has 82 valence electrons. The Kier molecular flexibility index (Phi) is 3.08. The van der Waals surface area contributed by atoms with Crippen molar-refractivity contribution >= 4 is 0 Å². The highest BCUT2D eigenvalue weighted by Crippen LogP contribution is 2.30. The van der Waals surface area contributed by atoms with Gasteiger partial charge in [-0.2, -0.15) is 0 Å². The molecule has 0 bridgehead atoms. The molecule has 0 aliphatic carbocycles. The lowest BCUT2D eigenvalue weighted by molar-refractivity contribution is 0.233. The average molecular weight is 204 g/mol. The molecule has 1 saturated heterocycles. The molecule has 0 amide bonds. The van der Waals surface area contributed by atoms with Crippen molar-refractivity contribution in [3.63, 3.8) is 0 Å². The lowest BCUT2D eigenvalue weighted by atomic mass is 9.81. The van der Waals surface area contributed by atoms with Crippen LogP contribution in [0.15, 0.2) is 30.3 Å². The molecule has 2 atom stereocenters. The topological polar surface area (TPSA) is 38.0 Å². The van der Waals surface area contributed by atoms with Crippen molar-refractivity contribution in [2.24, 2.45) is 5.73 Å². The first-order valence-corrected chi connectivity index (χ1v) is 5.78. The normalized spacial score (nSPS) is 28.7. The summed E-state index contributed by atoms with van der Waals surface area (Å²) < 4.78 is 0. The molecule has 0 spiro atoms. The van der Waals surface area contributed by atoms with E-state index < -0.39 is 0 Å². The summed E-state index contributed by atoms with van der Waals surface area (Å²) in [6.45, 7) is 3.33. The predicted molar refractivity (Wildman–Crippen MR) is 63.6 cm³/mol. The quantitative estimate of drug-likeness (QED) is 0.775. The third-order valence-electron chi connectivity index (χ3n) is 3.50. The first kappa shape index (κ1) is 10.7. The lowest BCUT2D eigenvalue weighted by Crippen LogP contribution is -2.53. The van der Waals surface area contributed by atoms with Crippen molar-refractivity contribution in [1.82, 2.24) is 5.32 Å². The van der Waals surface area contributed by atoms with E-state index in [2.05, 4.69) is 36.5 Å². The van der Waals surface area contributed by atoms with Crippen LogP contribution in [0.4, 0.5) is 0 Å². The summed E-state index contributed by atoms with van der Waals surface area (Å²) in [4.78, 5) is 0. The van der Waals surface area contributed by atoms with Crippen molar-refractivity contribution in [3.05, 3.63) is 35.9 Å². The van der Waals surface area contributed by atoms with Gasteiger partial charge in [0.1, 0.15) is 0 Å². The second-order valence-corrected chi connectivity index (χ2v) is 4.69. The highest BCUT2D eigenvalue weighted by molar-refractivity contribution is 5.22. The third kappa shape index (κ3) is 2.21. The first-order valence-electron chi connectivity index (χ1n) is 5.78. The molecular weight excluding hydrogens is 184 g/mol. The predicted octanol–water partition coefficient (Wildman–Crippen LogP) is 2.22. The van der Waals surface area contributed by atoms with Gasteiger partial charge in [-0.3, -0.25) is 0 Å². The first-order chi connectivity index (χ1) is 7.22. The second kappa shape index (κ2) is 4.33. The van der Waals surface area contributed by atoms with Gasteiger partial charge in [0.15, 0.2) is 0 Å². The van der Waals surface area contributed by atoms with Crippen molar-refractivity contribution in [3.8, 4) is 0 Å². The van der Waals surface area contributed by atoms with Crippen LogP contribution >= 0.6 is 0 Å². The van der Waals surface area contributed by atoms with Gasteiger partial charge in [0, 0.05) is 11.6 Å². The average Bonchev–Trinajstić information content (AvgIpc) is 2.30. The minimum Gasteiger partial charge on any atom is -0.322 e. The molecule has 0 unspecified atom stereocenters. The molecule has 1 heterocycles. The number of nitrogens with one attached hydrogen (secondary N) is 1. The van der Waals surface area contributed by atoms with E-state index in [0.29, 0.717) is 0 Å². The zero-order valence-corrected chi connectivity index (χ0v) is 9.37. The lowest BCUT2D eigenvalue weighted by Gasteiger charge is -2.40. The summed E-state index contributed by atoms with van der Waals surface area (Å²) in [5.41, 5.74) is 7.64. The number of benzene rings is 1. The van der Waals surface area contributed by atoms with Gasteiger partial charge in [-0.25, -0.2) is 0 Å². The fourth-order valence-corrected chi connectivity index (χ4v) is 2.37. The molecule has 1 aliphatic rings. The van der Waals surface area contributed by atoms with Gasteiger partial charge in [0.2, 0.25) is 0 Å². The summed E-state index contributed by atoms with van der Waals surface area (Å²) in [6, 6.07) is 10.5. The summed E-state index contributed by atoms with van der Waals surface area (Å²) in [7, 11) is 0. The maximum absolute atomic E-state index is 6.34. The molecule has 1 aliphatic heterocycles. The zero-order valence-electron chi connectivity index (χ0n) is 9.37. The Balaban J connectivity index is 2.16. The van der Waals surface area contributed by atoms with E-state index in [1.54, 1.807) is 0 Å². The van der Waals surface area contributed by atoms with Gasteiger partial charge in [-0.05, 0) is 31.9 Å². The van der Waals surface area contributed by atoms with Gasteiger partial charge in [0.25, 0.3) is 0 Å². The van der Waals surface area contributed by atoms with Crippen LogP contribution in [0, 0.1) is 0 Å². The molecule has 1 fully saturated rings. The summed E-state index contributed by atoms with van der Waals surface area (Å²) in [5, 5.41) is 3.57. The monoisotopic (exact) mass is 204 g/mol. The highest BCUT2D eigenvalue weighted by atomic mass is 15.0. The van der Waals surface area contributed by atoms with Crippen molar-refractivity contribution in [2.45, 2.75) is 37.8 Å². The van der Waals surface area contributed by atoms with Crippen LogP contribution in [0.3, 0.4) is 0 Å². The van der Waals surface area contributed by atoms with Gasteiger partial charge in [-0.1, -0.05) is 36.8 Å². The van der Waals surface area contributed by atoms with E-state index in [4.69, 9.17) is 5.73 Å². The minimum absolute atomic E-state index is 0.0691. The molecule has 1 aromatic carbocycles. The smallest absolute Gasteiger partial charge is 0.0477 e. The van der Waals surface area contributed by atoms with Gasteiger partial charge >= 0.3 is 0 Å². The molecule has 2 nitrogen and oxygen atoms in total. The molecule has 0 saturated carbocycles. The molecule has 3 N–H and O–H groups in total. The SMILES string of the molecule is C[C@]1([C@H](N)c2ccccc2)CCCCN1. The molecule has 2 heteroatoms. The molecule has 15 heavy (non-hydrogen) atoms. The van der Waals surface area contributed by atoms with Crippen molar-refractivity contribution in [1.29, 1.82) is 0 Å². The number of nitrogens with two attached hydrogens (primary N) is 1. The summed E-state index contributed by atoms with van der Waals surface area (Å²) in [6.07, 6.45) is 3.73. The van der Waals surface area contributed by atoms with Crippen LogP contribution in [0.1, 0.15) is 37.8 Å². The van der Waals surface area contributed by atoms with Gasteiger partial charge < -0.3 is 11.1 Å². The minimum atomic E-state index is 0.0691. The molecule has 0 aromatic heterocycles. The van der Waals surface area contributed by atoms with E-state index >= 15 is 0 Å². The Morgan fingerprint density at radius 3 is 2.60 bits per heavy atom. The van der Waals surface area contributed by atoms with E-state index in [1.165, 1.54) is 24.8 Å². The maximum Gasteiger partial charge on any atom is 0.0477 e. The summed E-state index contributed by atoms with van der Waals surface area (Å²) >= 11 is 0. The molecular formula is C13H20N2. The van der Waals surface area contributed by atoms with Crippen LogP contribution in [-0.4, -0.2) is 12.1 Å². The van der Waals surface area contributed by atoms with Crippen molar-refractivity contribution < 1.29 is 0 Å². The van der Waals surface area contributed by atoms with Crippen LogP contribution in [0.25, 0.3) is 0 Å². The Labute approximate surface area is 91.9 Å². The largest absolute Gasteiger partial charge is 0.322 e. The van der Waals surface area contributed by atoms with E-state index in [0.717, 1.165) is 6.54 Å². The molecule has 2 rings (SSSR count). The Bertz CT molecular complexity index is 302. The van der Waals surface area contributed by atoms with Crippen molar-refractivity contribution in [2.75, 3.05) is 6.54 Å². The number of hydrogen-bond donors (Lipinski definition) is 2. The Morgan fingerprint density at radius 2 is 2.00 bits per heavy atom. The van der Waals surface area contributed by atoms with Gasteiger partial charge in [-0.15, -0.1) is 0 Å². The Hall–Kier alpha value is -0.860. The molecule has 1 aromatic rings. The number of hydrogen-bond acceptors (Lipinski definition) is 2. The van der Waals surface area contributed by atoms with Crippen LogP contribution < -0.4 is 11.1 Å². The van der Waals surface area contributed by atoms with Crippen LogP contribution in [0.5, 0.6) is 0 Å². The number of piperidine rings is 1. The third-order valence-corrected chi connectivity index (χ3v) is 3.50. The molecule has 0 radical (unpaired) electrons. The van der Waals surface area contributed by atoms with Gasteiger partial charge in [0.05, 0.1) is 0 Å². The second-order valence-electron chi connectivity index (χ2n) is 4.69. The zero-order chi connectivity index (χ0) is 10.7. The van der Waals surface area contributed by atoms with Crippen LogP contribution in [-0.2, 0) is 0 Å². The Morgan fingerprint density at radius 1 is 1.27 bits per heavy atom. The summed E-state index contributed by atoms with van der Waals surface area (Å²) in [5.74, 6) is 0. The fourth-order valence-electron chi connectivity index (χ4n) is 2.37. The van der Waals surface area contributed by atoms with Crippen LogP contribution in [0.2, 0.25) is 0 Å². The number of rotatable bonds is 2. The maximum atomic E-state index is 6.34. The standard InChI is InChI=1S/C13H20N2/c1-13(9-5-6-10-15-13)12(14)11-7-3-2-4-8-11/h2-4,7-8,12,15H,5-6,9-10,14H2,1H3/t12-,13-/m1/s1. The fraction of sp³-hybridized carbons (Fsp3) is 0.538. The van der Waals surface area contributed by atoms with E-state index in [1.807, 2.05) is 6.07 Å². The highest BCUT2D eigenvalue weighted by Gasteiger charge is 2.33. The van der Waals surface area contributed by atoms with E-state index in [-0.39, 0.29) is 11.6 Å².